The van der Waals surface area contributed by atoms with Crippen LogP contribution in [0.1, 0.15) is 53.6 Å². The third kappa shape index (κ3) is 8.78. The van der Waals surface area contributed by atoms with Crippen molar-refractivity contribution in [3.63, 3.8) is 0 Å². The predicted molar refractivity (Wildman–Crippen MR) is 156 cm³/mol. The van der Waals surface area contributed by atoms with E-state index >= 15 is 0 Å². The van der Waals surface area contributed by atoms with Gasteiger partial charge >= 0.3 is 0 Å². The topological polar surface area (TPSA) is 49.4 Å². The van der Waals surface area contributed by atoms with E-state index in [0.717, 1.165) is 28.9 Å². The molecule has 3 aromatic carbocycles. The smallest absolute Gasteiger partial charge is 0.243 e. The average Bonchev–Trinajstić information content (AvgIpc) is 2.87. The number of hydrogen-bond donors (Lipinski definition) is 1. The van der Waals surface area contributed by atoms with Crippen LogP contribution in [0.15, 0.2) is 72.8 Å². The van der Waals surface area contributed by atoms with Gasteiger partial charge in [-0.3, -0.25) is 9.59 Å². The van der Waals surface area contributed by atoms with Gasteiger partial charge in [0.2, 0.25) is 11.8 Å². The molecule has 3 aromatic rings. The highest BCUT2D eigenvalue weighted by Crippen LogP contribution is 2.21. The van der Waals surface area contributed by atoms with E-state index < -0.39 is 6.04 Å². The molecule has 2 amide bonds. The maximum atomic E-state index is 13.8. The van der Waals surface area contributed by atoms with E-state index in [0.29, 0.717) is 18.7 Å². The van der Waals surface area contributed by atoms with Crippen molar-refractivity contribution in [1.29, 1.82) is 0 Å². The number of thioether (sulfide) groups is 1. The van der Waals surface area contributed by atoms with Crippen LogP contribution in [-0.4, -0.2) is 34.6 Å². The van der Waals surface area contributed by atoms with Crippen molar-refractivity contribution in [3.8, 4) is 0 Å². The van der Waals surface area contributed by atoms with E-state index in [-0.39, 0.29) is 17.9 Å². The number of rotatable bonds is 12. The summed E-state index contributed by atoms with van der Waals surface area (Å²) in [4.78, 5) is 29.2. The minimum Gasteiger partial charge on any atom is -0.352 e. The Morgan fingerprint density at radius 3 is 2.19 bits per heavy atom. The molecule has 4 nitrogen and oxygen atoms in total. The molecule has 5 heteroatoms. The van der Waals surface area contributed by atoms with Crippen molar-refractivity contribution in [2.45, 2.75) is 71.8 Å². The highest BCUT2D eigenvalue weighted by Gasteiger charge is 2.31. The van der Waals surface area contributed by atoms with Crippen LogP contribution in [0.2, 0.25) is 0 Å². The first kappa shape index (κ1) is 28.5. The molecule has 0 radical (unpaired) electrons. The largest absolute Gasteiger partial charge is 0.352 e. The first-order chi connectivity index (χ1) is 17.8. The first-order valence-corrected chi connectivity index (χ1v) is 14.3. The van der Waals surface area contributed by atoms with Gasteiger partial charge in [-0.2, -0.15) is 0 Å². The fourth-order valence-electron chi connectivity index (χ4n) is 4.46. The Bertz CT molecular complexity index is 1160. The van der Waals surface area contributed by atoms with Gasteiger partial charge in [0.15, 0.2) is 0 Å². The number of nitrogens with one attached hydrogen (secondary N) is 1. The Labute approximate surface area is 226 Å². The summed E-state index contributed by atoms with van der Waals surface area (Å²) in [5, 5.41) is 3.14. The molecule has 1 N–H and O–H groups in total. The second kappa shape index (κ2) is 14.0. The van der Waals surface area contributed by atoms with Crippen LogP contribution in [0.5, 0.6) is 0 Å². The fourth-order valence-corrected chi connectivity index (χ4v) is 5.30. The van der Waals surface area contributed by atoms with Crippen LogP contribution in [0.4, 0.5) is 0 Å². The molecule has 0 saturated heterocycles. The van der Waals surface area contributed by atoms with E-state index in [2.05, 4.69) is 57.3 Å². The molecule has 0 unspecified atom stereocenters. The van der Waals surface area contributed by atoms with Crippen molar-refractivity contribution in [1.82, 2.24) is 10.2 Å². The average molecular weight is 517 g/mol. The van der Waals surface area contributed by atoms with E-state index in [1.807, 2.05) is 55.5 Å². The van der Waals surface area contributed by atoms with Gasteiger partial charge in [-0.05, 0) is 56.4 Å². The summed E-state index contributed by atoms with van der Waals surface area (Å²) in [6.45, 7) is 10.7. The number of aryl methyl sites for hydroxylation is 3. The quantitative estimate of drug-likeness (QED) is 0.303. The summed E-state index contributed by atoms with van der Waals surface area (Å²) in [7, 11) is 0. The zero-order valence-corrected chi connectivity index (χ0v) is 23.6. The normalized spacial score (nSPS) is 12.6. The summed E-state index contributed by atoms with van der Waals surface area (Å²) in [6.07, 6.45) is 1.31. The highest BCUT2D eigenvalue weighted by atomic mass is 32.2. The molecule has 0 aliphatic rings. The van der Waals surface area contributed by atoms with Crippen LogP contribution in [0, 0.1) is 20.8 Å². The van der Waals surface area contributed by atoms with Gasteiger partial charge in [-0.25, -0.2) is 0 Å². The predicted octanol–water partition coefficient (Wildman–Crippen LogP) is 6.40. The monoisotopic (exact) mass is 516 g/mol. The van der Waals surface area contributed by atoms with Crippen LogP contribution in [-0.2, 0) is 28.3 Å². The molecule has 0 saturated carbocycles. The van der Waals surface area contributed by atoms with Gasteiger partial charge in [-0.1, -0.05) is 90.8 Å². The molecular formula is C32H40N2O2S. The van der Waals surface area contributed by atoms with Crippen molar-refractivity contribution >= 4 is 23.6 Å². The lowest BCUT2D eigenvalue weighted by Crippen LogP contribution is -2.52. The second-order valence-corrected chi connectivity index (χ2v) is 10.9. The van der Waals surface area contributed by atoms with Gasteiger partial charge in [0.1, 0.15) is 6.04 Å². The molecule has 0 heterocycles. The molecule has 0 aromatic heterocycles. The van der Waals surface area contributed by atoms with Crippen molar-refractivity contribution in [2.24, 2.45) is 0 Å². The Kier molecular flexibility index (Phi) is 10.8. The zero-order chi connectivity index (χ0) is 26.8. The second-order valence-electron chi connectivity index (χ2n) is 9.96. The Hall–Kier alpha value is -3.05. The van der Waals surface area contributed by atoms with Gasteiger partial charge < -0.3 is 10.2 Å². The van der Waals surface area contributed by atoms with Crippen molar-refractivity contribution in [3.05, 3.63) is 106 Å². The Morgan fingerprint density at radius 2 is 1.54 bits per heavy atom. The van der Waals surface area contributed by atoms with Gasteiger partial charge in [0.25, 0.3) is 0 Å². The van der Waals surface area contributed by atoms with Crippen LogP contribution < -0.4 is 5.32 Å². The fraction of sp³-hybridized carbons (Fsp3) is 0.375. The summed E-state index contributed by atoms with van der Waals surface area (Å²) >= 11 is 1.61. The number of benzene rings is 3. The molecule has 0 spiro atoms. The molecule has 0 aliphatic carbocycles. The first-order valence-electron chi connectivity index (χ1n) is 13.1. The van der Waals surface area contributed by atoms with Crippen molar-refractivity contribution < 1.29 is 9.59 Å². The zero-order valence-electron chi connectivity index (χ0n) is 22.8. The van der Waals surface area contributed by atoms with Crippen LogP contribution in [0.3, 0.4) is 0 Å². The molecule has 0 aliphatic heterocycles. The molecule has 0 fully saturated rings. The van der Waals surface area contributed by atoms with E-state index in [1.54, 1.807) is 16.7 Å². The van der Waals surface area contributed by atoms with Crippen molar-refractivity contribution in [2.75, 3.05) is 5.75 Å². The van der Waals surface area contributed by atoms with Crippen LogP contribution in [0.25, 0.3) is 0 Å². The van der Waals surface area contributed by atoms with Crippen LogP contribution >= 0.6 is 11.8 Å². The molecular weight excluding hydrogens is 476 g/mol. The molecule has 196 valence electrons. The lowest BCUT2D eigenvalue weighted by atomic mass is 10.0. The lowest BCUT2D eigenvalue weighted by Gasteiger charge is -2.32. The minimum atomic E-state index is -0.592. The molecule has 2 atom stereocenters. The lowest BCUT2D eigenvalue weighted by molar-refractivity contribution is -0.139. The third-order valence-electron chi connectivity index (χ3n) is 6.65. The van der Waals surface area contributed by atoms with Gasteiger partial charge in [0, 0.05) is 24.8 Å². The third-order valence-corrected chi connectivity index (χ3v) is 7.64. The number of carbonyl (C=O) groups excluding carboxylic acids is 2. The number of nitrogens with zero attached hydrogens (tertiary/aromatic N) is 1. The Morgan fingerprint density at radius 1 is 0.892 bits per heavy atom. The number of carbonyl (C=O) groups is 2. The maximum Gasteiger partial charge on any atom is 0.243 e. The van der Waals surface area contributed by atoms with E-state index in [1.165, 1.54) is 16.7 Å². The summed E-state index contributed by atoms with van der Waals surface area (Å²) in [5.41, 5.74) is 6.89. The summed E-state index contributed by atoms with van der Waals surface area (Å²) in [5.74, 6) is 0.965. The molecule has 0 bridgehead atoms. The Balaban J connectivity index is 1.87. The molecule has 3 rings (SSSR count). The minimum absolute atomic E-state index is 0.0159. The summed E-state index contributed by atoms with van der Waals surface area (Å²) in [6, 6.07) is 24.0. The van der Waals surface area contributed by atoms with E-state index in [4.69, 9.17) is 0 Å². The number of amides is 2. The highest BCUT2D eigenvalue weighted by molar-refractivity contribution is 7.99. The standard InChI is InChI=1S/C32H40N2O2S/c1-6-26(5)33-32(36)30(19-27-13-8-7-9-14-27)34(20-29-15-11-10-12-25(29)4)31(35)22-37-21-28-17-23(2)16-24(3)18-28/h7-18,26,30H,6,19-22H2,1-5H3,(H,33,36)/t26-,30-/m0/s1. The summed E-state index contributed by atoms with van der Waals surface area (Å²) < 4.78 is 0. The van der Waals surface area contributed by atoms with Gasteiger partial charge in [-0.15, -0.1) is 11.8 Å². The SMILES string of the molecule is CC[C@H](C)NC(=O)[C@H](Cc1ccccc1)N(Cc1ccccc1C)C(=O)CSCc1cc(C)cc(C)c1. The maximum absolute atomic E-state index is 13.8. The number of hydrogen-bond acceptors (Lipinski definition) is 3. The van der Waals surface area contributed by atoms with Gasteiger partial charge in [0.05, 0.1) is 5.75 Å². The van der Waals surface area contributed by atoms with E-state index in [9.17, 15) is 9.59 Å². The molecule has 37 heavy (non-hydrogen) atoms.